The van der Waals surface area contributed by atoms with E-state index in [1.807, 2.05) is 42.3 Å². The molecule has 0 unspecified atom stereocenters. The van der Waals surface area contributed by atoms with Gasteiger partial charge < -0.3 is 14.4 Å². The average Bonchev–Trinajstić information content (AvgIpc) is 3.16. The smallest absolute Gasteiger partial charge is 0.309 e. The summed E-state index contributed by atoms with van der Waals surface area (Å²) < 4.78 is 10.9. The highest BCUT2D eigenvalue weighted by Gasteiger charge is 2.29. The van der Waals surface area contributed by atoms with Gasteiger partial charge in [-0.2, -0.15) is 0 Å². The van der Waals surface area contributed by atoms with Crippen LogP contribution < -0.4 is 4.74 Å². The molecule has 0 atom stereocenters. The molecule has 0 aliphatic carbocycles. The molecule has 5 nitrogen and oxygen atoms in total. The third-order valence-electron chi connectivity index (χ3n) is 4.80. The minimum Gasteiger partial charge on any atom is -0.489 e. The van der Waals surface area contributed by atoms with E-state index in [0.29, 0.717) is 49.0 Å². The van der Waals surface area contributed by atoms with Gasteiger partial charge in [-0.1, -0.05) is 11.6 Å². The van der Waals surface area contributed by atoms with E-state index in [-0.39, 0.29) is 17.8 Å². The van der Waals surface area contributed by atoms with Crippen LogP contribution in [0.5, 0.6) is 5.75 Å². The highest BCUT2D eigenvalue weighted by Crippen LogP contribution is 2.25. The fraction of sp³-hybridized carbons (Fsp3) is 0.429. The van der Waals surface area contributed by atoms with Crippen LogP contribution in [0.1, 0.15) is 40.6 Å². The first kappa shape index (κ1) is 20.7. The first-order chi connectivity index (χ1) is 13.5. The van der Waals surface area contributed by atoms with Crippen molar-refractivity contribution >= 4 is 34.8 Å². The van der Waals surface area contributed by atoms with Gasteiger partial charge in [0.05, 0.1) is 17.4 Å². The van der Waals surface area contributed by atoms with Crippen LogP contribution >= 0.6 is 22.9 Å². The first-order valence-corrected chi connectivity index (χ1v) is 10.7. The van der Waals surface area contributed by atoms with E-state index in [1.165, 1.54) is 11.3 Å². The number of aryl methyl sites for hydroxylation is 1. The highest BCUT2D eigenvalue weighted by molar-refractivity contribution is 7.12. The van der Waals surface area contributed by atoms with Crippen molar-refractivity contribution in [2.75, 3.05) is 19.7 Å². The molecule has 0 radical (unpaired) electrons. The number of piperidine rings is 1. The third-order valence-corrected chi connectivity index (χ3v) is 6.00. The van der Waals surface area contributed by atoms with Crippen LogP contribution in [0, 0.1) is 12.8 Å². The number of nitrogens with zero attached hydrogens (tertiary/aromatic N) is 1. The Hall–Kier alpha value is -2.05. The SMILES string of the molecule is CCOC(=O)C1CCN(C(=O)c2cc(COc3ccc(Cl)cc3C)cs2)CC1. The lowest BCUT2D eigenvalue weighted by atomic mass is 9.97. The minimum absolute atomic E-state index is 0.0150. The Morgan fingerprint density at radius 3 is 2.68 bits per heavy atom. The minimum atomic E-state index is -0.150. The number of benzene rings is 1. The maximum Gasteiger partial charge on any atom is 0.309 e. The van der Waals surface area contributed by atoms with Gasteiger partial charge in [-0.3, -0.25) is 9.59 Å². The third kappa shape index (κ3) is 5.06. The second kappa shape index (κ2) is 9.43. The fourth-order valence-electron chi connectivity index (χ4n) is 3.23. The number of carbonyl (C=O) groups excluding carboxylic acids is 2. The van der Waals surface area contributed by atoms with Gasteiger partial charge in [0.2, 0.25) is 0 Å². The molecule has 150 valence electrons. The number of ether oxygens (including phenoxy) is 2. The second-order valence-corrected chi connectivity index (χ2v) is 8.18. The molecule has 1 aromatic carbocycles. The first-order valence-electron chi connectivity index (χ1n) is 9.40. The van der Waals surface area contributed by atoms with E-state index in [9.17, 15) is 9.59 Å². The Morgan fingerprint density at radius 1 is 1.25 bits per heavy atom. The van der Waals surface area contributed by atoms with Crippen molar-refractivity contribution < 1.29 is 19.1 Å². The van der Waals surface area contributed by atoms with Crippen LogP contribution in [-0.2, 0) is 16.1 Å². The zero-order valence-corrected chi connectivity index (χ0v) is 17.6. The molecule has 2 aromatic rings. The maximum atomic E-state index is 12.7. The molecule has 3 rings (SSSR count). The highest BCUT2D eigenvalue weighted by atomic mass is 35.5. The quantitative estimate of drug-likeness (QED) is 0.634. The van der Waals surface area contributed by atoms with Gasteiger partial charge in [0.15, 0.2) is 0 Å². The van der Waals surface area contributed by atoms with Crippen molar-refractivity contribution in [3.05, 3.63) is 50.7 Å². The van der Waals surface area contributed by atoms with Crippen LogP contribution in [-0.4, -0.2) is 36.5 Å². The van der Waals surface area contributed by atoms with E-state index in [2.05, 4.69) is 0 Å². The Morgan fingerprint density at radius 2 is 2.00 bits per heavy atom. The van der Waals surface area contributed by atoms with E-state index >= 15 is 0 Å². The summed E-state index contributed by atoms with van der Waals surface area (Å²) in [7, 11) is 0. The summed E-state index contributed by atoms with van der Waals surface area (Å²) in [6, 6.07) is 7.39. The summed E-state index contributed by atoms with van der Waals surface area (Å²) in [6.45, 7) is 5.71. The van der Waals surface area contributed by atoms with Crippen molar-refractivity contribution in [2.24, 2.45) is 5.92 Å². The van der Waals surface area contributed by atoms with Gasteiger partial charge in [0, 0.05) is 23.7 Å². The molecule has 28 heavy (non-hydrogen) atoms. The summed E-state index contributed by atoms with van der Waals surface area (Å²) in [6.07, 6.45) is 1.31. The molecule has 0 saturated carbocycles. The summed E-state index contributed by atoms with van der Waals surface area (Å²) in [5.41, 5.74) is 1.94. The second-order valence-electron chi connectivity index (χ2n) is 6.84. The van der Waals surface area contributed by atoms with Gasteiger partial charge in [-0.05, 0) is 61.9 Å². The molecule has 0 spiro atoms. The predicted molar refractivity (Wildman–Crippen MR) is 110 cm³/mol. The Labute approximate surface area is 174 Å². The van der Waals surface area contributed by atoms with Crippen molar-refractivity contribution in [2.45, 2.75) is 33.3 Å². The van der Waals surface area contributed by atoms with E-state index in [0.717, 1.165) is 16.9 Å². The van der Waals surface area contributed by atoms with Gasteiger partial charge in [0.25, 0.3) is 5.91 Å². The van der Waals surface area contributed by atoms with E-state index in [4.69, 9.17) is 21.1 Å². The molecule has 1 aromatic heterocycles. The van der Waals surface area contributed by atoms with Crippen LogP contribution in [0.25, 0.3) is 0 Å². The lowest BCUT2D eigenvalue weighted by molar-refractivity contribution is -0.149. The molecule has 0 bridgehead atoms. The molecule has 1 aliphatic heterocycles. The molecular weight excluding hydrogens is 398 g/mol. The van der Waals surface area contributed by atoms with Gasteiger partial charge in [-0.15, -0.1) is 11.3 Å². The number of amides is 1. The Bertz CT molecular complexity index is 843. The van der Waals surface area contributed by atoms with Crippen molar-refractivity contribution in [1.82, 2.24) is 4.90 Å². The lowest BCUT2D eigenvalue weighted by Gasteiger charge is -2.30. The molecular formula is C21H24ClNO4S. The number of carbonyl (C=O) groups is 2. The summed E-state index contributed by atoms with van der Waals surface area (Å²) in [4.78, 5) is 27.1. The normalized spacial score (nSPS) is 14.8. The van der Waals surface area contributed by atoms with Gasteiger partial charge >= 0.3 is 5.97 Å². The number of halogens is 1. The standard InChI is InChI=1S/C21H24ClNO4S/c1-3-26-21(25)16-6-8-23(9-7-16)20(24)19-11-15(13-28-19)12-27-18-5-4-17(22)10-14(18)2/h4-5,10-11,13,16H,3,6-9,12H2,1-2H3. The number of hydrogen-bond donors (Lipinski definition) is 0. The van der Waals surface area contributed by atoms with E-state index in [1.54, 1.807) is 6.07 Å². The monoisotopic (exact) mass is 421 g/mol. The molecule has 1 amide bonds. The number of hydrogen-bond acceptors (Lipinski definition) is 5. The predicted octanol–water partition coefficient (Wildman–Crippen LogP) is 4.70. The summed E-state index contributed by atoms with van der Waals surface area (Å²) in [5, 5.41) is 2.63. The van der Waals surface area contributed by atoms with Crippen LogP contribution in [0.4, 0.5) is 0 Å². The zero-order chi connectivity index (χ0) is 20.1. The van der Waals surface area contributed by atoms with Crippen LogP contribution in [0.3, 0.4) is 0 Å². The Kier molecular flexibility index (Phi) is 6.97. The fourth-order valence-corrected chi connectivity index (χ4v) is 4.32. The largest absolute Gasteiger partial charge is 0.489 e. The molecule has 1 fully saturated rings. The van der Waals surface area contributed by atoms with Crippen molar-refractivity contribution in [3.63, 3.8) is 0 Å². The average molecular weight is 422 g/mol. The molecule has 0 N–H and O–H groups in total. The summed E-state index contributed by atoms with van der Waals surface area (Å²) >= 11 is 7.39. The maximum absolute atomic E-state index is 12.7. The van der Waals surface area contributed by atoms with Gasteiger partial charge in [0.1, 0.15) is 12.4 Å². The van der Waals surface area contributed by atoms with Crippen molar-refractivity contribution in [3.8, 4) is 5.75 Å². The van der Waals surface area contributed by atoms with Crippen molar-refractivity contribution in [1.29, 1.82) is 0 Å². The summed E-state index contributed by atoms with van der Waals surface area (Å²) in [5.74, 6) is 0.548. The van der Waals surface area contributed by atoms with Crippen LogP contribution in [0.15, 0.2) is 29.6 Å². The number of rotatable bonds is 6. The number of likely N-dealkylation sites (tertiary alicyclic amines) is 1. The van der Waals surface area contributed by atoms with Crippen LogP contribution in [0.2, 0.25) is 5.02 Å². The Balaban J connectivity index is 1.53. The lowest BCUT2D eigenvalue weighted by Crippen LogP contribution is -2.40. The van der Waals surface area contributed by atoms with Gasteiger partial charge in [-0.25, -0.2) is 0 Å². The number of esters is 1. The number of thiophene rings is 1. The molecule has 1 saturated heterocycles. The molecule has 2 heterocycles. The molecule has 7 heteroatoms. The zero-order valence-electron chi connectivity index (χ0n) is 16.1. The van der Waals surface area contributed by atoms with E-state index < -0.39 is 0 Å². The topological polar surface area (TPSA) is 55.8 Å². The molecule has 1 aliphatic rings.